The summed E-state index contributed by atoms with van der Waals surface area (Å²) in [7, 11) is 0. The summed E-state index contributed by atoms with van der Waals surface area (Å²) in [6.45, 7) is 1.20. The SMILES string of the molecule is c1csc(C(NCC(C2CC2)C2CC2)c2cccs2)c1. The summed E-state index contributed by atoms with van der Waals surface area (Å²) in [5.41, 5.74) is 0. The van der Waals surface area contributed by atoms with Crippen molar-refractivity contribution in [1.82, 2.24) is 5.32 Å². The molecule has 2 aromatic rings. The Morgan fingerprint density at radius 2 is 1.50 bits per heavy atom. The summed E-state index contributed by atoms with van der Waals surface area (Å²) in [5.74, 6) is 3.00. The molecule has 2 fully saturated rings. The molecule has 0 aliphatic heterocycles. The first-order valence-electron chi connectivity index (χ1n) is 7.72. The van der Waals surface area contributed by atoms with Crippen molar-refractivity contribution in [2.24, 2.45) is 17.8 Å². The highest BCUT2D eigenvalue weighted by Gasteiger charge is 2.41. The van der Waals surface area contributed by atoms with E-state index in [1.54, 1.807) is 0 Å². The van der Waals surface area contributed by atoms with Crippen LogP contribution in [0.4, 0.5) is 0 Å². The predicted molar refractivity (Wildman–Crippen MR) is 87.4 cm³/mol. The Morgan fingerprint density at radius 3 is 1.90 bits per heavy atom. The Morgan fingerprint density at radius 1 is 0.950 bits per heavy atom. The van der Waals surface area contributed by atoms with Gasteiger partial charge in [-0.2, -0.15) is 0 Å². The lowest BCUT2D eigenvalue weighted by Crippen LogP contribution is -2.29. The highest BCUT2D eigenvalue weighted by atomic mass is 32.1. The zero-order valence-corrected chi connectivity index (χ0v) is 13.3. The molecule has 0 amide bonds. The Bertz CT molecular complexity index is 477. The van der Waals surface area contributed by atoms with E-state index in [9.17, 15) is 0 Å². The third-order valence-electron chi connectivity index (χ3n) is 4.67. The van der Waals surface area contributed by atoms with Crippen LogP contribution in [0.1, 0.15) is 41.5 Å². The van der Waals surface area contributed by atoms with Gasteiger partial charge in [-0.1, -0.05) is 12.1 Å². The standard InChI is InChI=1S/C17H21NS2/c1-3-15(19-9-1)17(16-4-2-10-20-16)18-11-14(12-5-6-12)13-7-8-13/h1-4,9-10,12-14,17-18H,5-8,11H2. The maximum absolute atomic E-state index is 3.89. The quantitative estimate of drug-likeness (QED) is 0.765. The lowest BCUT2D eigenvalue weighted by atomic mass is 9.97. The molecule has 4 rings (SSSR count). The van der Waals surface area contributed by atoms with E-state index in [0.29, 0.717) is 6.04 Å². The van der Waals surface area contributed by atoms with Crippen LogP contribution in [-0.2, 0) is 0 Å². The van der Waals surface area contributed by atoms with Crippen LogP contribution in [0.15, 0.2) is 35.0 Å². The van der Waals surface area contributed by atoms with Crippen LogP contribution in [0.3, 0.4) is 0 Å². The van der Waals surface area contributed by atoms with Gasteiger partial charge in [0.05, 0.1) is 6.04 Å². The summed E-state index contributed by atoms with van der Waals surface area (Å²) in [4.78, 5) is 2.91. The van der Waals surface area contributed by atoms with E-state index in [0.717, 1.165) is 17.8 Å². The molecule has 2 aromatic heterocycles. The molecule has 0 unspecified atom stereocenters. The van der Waals surface area contributed by atoms with E-state index in [2.05, 4.69) is 40.3 Å². The lowest BCUT2D eigenvalue weighted by molar-refractivity contribution is 0.369. The third kappa shape index (κ3) is 2.85. The molecular weight excluding hydrogens is 282 g/mol. The van der Waals surface area contributed by atoms with Crippen molar-refractivity contribution < 1.29 is 0 Å². The normalized spacial score (nSPS) is 19.1. The molecule has 0 atom stereocenters. The van der Waals surface area contributed by atoms with Gasteiger partial charge in [0.15, 0.2) is 0 Å². The van der Waals surface area contributed by atoms with Crippen molar-refractivity contribution in [3.63, 3.8) is 0 Å². The average Bonchev–Trinajstić information content (AvgIpc) is 3.37. The van der Waals surface area contributed by atoms with Crippen molar-refractivity contribution >= 4 is 22.7 Å². The minimum atomic E-state index is 0.412. The molecule has 1 N–H and O–H groups in total. The number of hydrogen-bond acceptors (Lipinski definition) is 3. The molecule has 2 saturated carbocycles. The highest BCUT2D eigenvalue weighted by molar-refractivity contribution is 7.11. The van der Waals surface area contributed by atoms with Gasteiger partial charge < -0.3 is 5.32 Å². The topological polar surface area (TPSA) is 12.0 Å². The first-order valence-corrected chi connectivity index (χ1v) is 9.48. The summed E-state index contributed by atoms with van der Waals surface area (Å²) in [5, 5.41) is 8.27. The van der Waals surface area contributed by atoms with E-state index in [-0.39, 0.29) is 0 Å². The Kier molecular flexibility index (Phi) is 3.67. The molecule has 0 aromatic carbocycles. The van der Waals surface area contributed by atoms with Crippen LogP contribution >= 0.6 is 22.7 Å². The second-order valence-corrected chi connectivity index (χ2v) is 8.17. The van der Waals surface area contributed by atoms with E-state index in [1.165, 1.54) is 42.0 Å². The zero-order valence-electron chi connectivity index (χ0n) is 11.6. The van der Waals surface area contributed by atoms with Crippen molar-refractivity contribution in [2.75, 3.05) is 6.54 Å². The van der Waals surface area contributed by atoms with Gasteiger partial charge in [-0.15, -0.1) is 22.7 Å². The third-order valence-corrected chi connectivity index (χ3v) is 6.54. The Balaban J connectivity index is 1.47. The zero-order chi connectivity index (χ0) is 13.4. The van der Waals surface area contributed by atoms with Gasteiger partial charge in [-0.05, 0) is 72.9 Å². The van der Waals surface area contributed by atoms with Crippen LogP contribution in [-0.4, -0.2) is 6.54 Å². The van der Waals surface area contributed by atoms with E-state index in [1.807, 2.05) is 22.7 Å². The Hall–Kier alpha value is -0.640. The van der Waals surface area contributed by atoms with Crippen molar-refractivity contribution in [3.05, 3.63) is 44.8 Å². The fourth-order valence-electron chi connectivity index (χ4n) is 3.27. The first-order chi connectivity index (χ1) is 9.92. The molecule has 106 valence electrons. The van der Waals surface area contributed by atoms with E-state index < -0.39 is 0 Å². The molecule has 2 heterocycles. The minimum absolute atomic E-state index is 0.412. The summed E-state index contributed by atoms with van der Waals surface area (Å²) >= 11 is 3.75. The minimum Gasteiger partial charge on any atom is -0.305 e. The smallest absolute Gasteiger partial charge is 0.0764 e. The monoisotopic (exact) mass is 303 g/mol. The van der Waals surface area contributed by atoms with Crippen LogP contribution in [0, 0.1) is 17.8 Å². The van der Waals surface area contributed by atoms with Crippen molar-refractivity contribution in [2.45, 2.75) is 31.7 Å². The van der Waals surface area contributed by atoms with Crippen LogP contribution in [0.5, 0.6) is 0 Å². The van der Waals surface area contributed by atoms with Gasteiger partial charge in [0.2, 0.25) is 0 Å². The number of hydrogen-bond donors (Lipinski definition) is 1. The van der Waals surface area contributed by atoms with E-state index >= 15 is 0 Å². The fraction of sp³-hybridized carbons (Fsp3) is 0.529. The maximum atomic E-state index is 3.89. The van der Waals surface area contributed by atoms with Crippen LogP contribution in [0.25, 0.3) is 0 Å². The molecule has 3 heteroatoms. The van der Waals surface area contributed by atoms with Gasteiger partial charge in [0, 0.05) is 9.75 Å². The highest BCUT2D eigenvalue weighted by Crippen LogP contribution is 2.49. The largest absolute Gasteiger partial charge is 0.305 e. The number of nitrogens with one attached hydrogen (secondary N) is 1. The van der Waals surface area contributed by atoms with E-state index in [4.69, 9.17) is 0 Å². The van der Waals surface area contributed by atoms with Gasteiger partial charge in [-0.25, -0.2) is 0 Å². The second-order valence-electron chi connectivity index (χ2n) is 6.21. The lowest BCUT2D eigenvalue weighted by Gasteiger charge is -2.21. The first kappa shape index (κ1) is 13.1. The van der Waals surface area contributed by atoms with Gasteiger partial charge in [0.25, 0.3) is 0 Å². The maximum Gasteiger partial charge on any atom is 0.0764 e. The molecule has 1 nitrogen and oxygen atoms in total. The predicted octanol–water partition coefficient (Wildman–Crippen LogP) is 4.92. The molecule has 2 aliphatic rings. The van der Waals surface area contributed by atoms with Crippen LogP contribution < -0.4 is 5.32 Å². The van der Waals surface area contributed by atoms with Gasteiger partial charge >= 0.3 is 0 Å². The van der Waals surface area contributed by atoms with Crippen LogP contribution in [0.2, 0.25) is 0 Å². The average molecular weight is 303 g/mol. The van der Waals surface area contributed by atoms with Gasteiger partial charge in [-0.3, -0.25) is 0 Å². The molecule has 0 radical (unpaired) electrons. The summed E-state index contributed by atoms with van der Waals surface area (Å²) in [6, 6.07) is 9.29. The van der Waals surface area contributed by atoms with Crippen molar-refractivity contribution in [1.29, 1.82) is 0 Å². The molecule has 2 aliphatic carbocycles. The summed E-state index contributed by atoms with van der Waals surface area (Å²) in [6.07, 6.45) is 5.91. The molecular formula is C17H21NS2. The Labute approximate surface area is 129 Å². The van der Waals surface area contributed by atoms with Gasteiger partial charge in [0.1, 0.15) is 0 Å². The fourth-order valence-corrected chi connectivity index (χ4v) is 4.98. The number of rotatable bonds is 7. The second kappa shape index (κ2) is 5.63. The van der Waals surface area contributed by atoms with Crippen molar-refractivity contribution in [3.8, 4) is 0 Å². The molecule has 0 spiro atoms. The molecule has 0 saturated heterocycles. The molecule has 0 bridgehead atoms. The summed E-state index contributed by atoms with van der Waals surface area (Å²) < 4.78 is 0. The molecule has 20 heavy (non-hydrogen) atoms. The number of thiophene rings is 2.